The lowest BCUT2D eigenvalue weighted by Crippen LogP contribution is -2.58. The lowest BCUT2D eigenvalue weighted by atomic mass is 9.76. The third kappa shape index (κ3) is 2.52. The molecule has 2 saturated carbocycles. The van der Waals surface area contributed by atoms with Crippen LogP contribution in [0.4, 0.5) is 0 Å². The van der Waals surface area contributed by atoms with Crippen LogP contribution in [0.5, 0.6) is 0 Å². The fourth-order valence-corrected chi connectivity index (χ4v) is 2.73. The highest BCUT2D eigenvalue weighted by molar-refractivity contribution is 4.98. The van der Waals surface area contributed by atoms with E-state index >= 15 is 0 Å². The Hall–Kier alpha value is -0.120. The van der Waals surface area contributed by atoms with E-state index in [0.29, 0.717) is 6.54 Å². The molecular weight excluding hydrogens is 190 g/mol. The molecule has 3 heteroatoms. The maximum absolute atomic E-state index is 10.3. The molecule has 0 unspecified atom stereocenters. The first-order valence-corrected chi connectivity index (χ1v) is 6.26. The number of aliphatic hydroxyl groups excluding tert-OH is 1. The average molecular weight is 213 g/mol. The van der Waals surface area contributed by atoms with Crippen LogP contribution in [0.25, 0.3) is 0 Å². The van der Waals surface area contributed by atoms with Crippen LogP contribution in [-0.2, 0) is 0 Å². The van der Waals surface area contributed by atoms with Gasteiger partial charge in [-0.2, -0.15) is 0 Å². The fourth-order valence-electron chi connectivity index (χ4n) is 2.73. The first kappa shape index (κ1) is 11.4. The van der Waals surface area contributed by atoms with Crippen molar-refractivity contribution < 1.29 is 10.2 Å². The molecule has 2 fully saturated rings. The smallest absolute Gasteiger partial charge is 0.0771 e. The van der Waals surface area contributed by atoms with Gasteiger partial charge in [-0.15, -0.1) is 0 Å². The molecule has 3 N–H and O–H groups in total. The van der Waals surface area contributed by atoms with E-state index in [1.807, 2.05) is 0 Å². The molecular formula is C12H23NO2. The Labute approximate surface area is 91.9 Å². The van der Waals surface area contributed by atoms with E-state index < -0.39 is 5.60 Å². The van der Waals surface area contributed by atoms with Gasteiger partial charge in [-0.1, -0.05) is 19.3 Å². The zero-order valence-corrected chi connectivity index (χ0v) is 9.47. The molecule has 0 atom stereocenters. The number of β-amino-alcohol motifs (C(OH)–C–C–N with tert-alkyl or cyclic N) is 1. The average Bonchev–Trinajstić information content (AvgIpc) is 2.18. The van der Waals surface area contributed by atoms with Crippen LogP contribution < -0.4 is 5.32 Å². The highest BCUT2D eigenvalue weighted by Gasteiger charge is 2.38. The second-order valence-corrected chi connectivity index (χ2v) is 5.43. The maximum Gasteiger partial charge on any atom is 0.0771 e. The second-order valence-electron chi connectivity index (χ2n) is 5.43. The van der Waals surface area contributed by atoms with Crippen LogP contribution >= 0.6 is 0 Å². The summed E-state index contributed by atoms with van der Waals surface area (Å²) < 4.78 is 0. The van der Waals surface area contributed by atoms with Crippen molar-refractivity contribution in [2.45, 2.75) is 62.5 Å². The molecule has 0 heterocycles. The molecule has 2 aliphatic carbocycles. The minimum Gasteiger partial charge on any atom is -0.394 e. The van der Waals surface area contributed by atoms with Gasteiger partial charge in [0.15, 0.2) is 0 Å². The highest BCUT2D eigenvalue weighted by atomic mass is 16.3. The van der Waals surface area contributed by atoms with Crippen LogP contribution in [0.3, 0.4) is 0 Å². The molecule has 0 aliphatic heterocycles. The zero-order valence-electron chi connectivity index (χ0n) is 9.47. The quantitative estimate of drug-likeness (QED) is 0.657. The Balaban J connectivity index is 1.80. The predicted octanol–water partition coefficient (Wildman–Crippen LogP) is 1.19. The maximum atomic E-state index is 10.3. The number of hydrogen-bond acceptors (Lipinski definition) is 3. The van der Waals surface area contributed by atoms with E-state index in [1.165, 1.54) is 12.8 Å². The Bertz CT molecular complexity index is 202. The van der Waals surface area contributed by atoms with Gasteiger partial charge in [0.25, 0.3) is 0 Å². The molecule has 0 aromatic carbocycles. The van der Waals surface area contributed by atoms with E-state index in [1.54, 1.807) is 0 Å². The van der Waals surface area contributed by atoms with Gasteiger partial charge in [0.1, 0.15) is 0 Å². The number of nitrogens with one attached hydrogen (secondary N) is 1. The summed E-state index contributed by atoms with van der Waals surface area (Å²) in [5.74, 6) is 0. The number of hydrogen-bond donors (Lipinski definition) is 3. The highest BCUT2D eigenvalue weighted by Crippen LogP contribution is 2.33. The first-order chi connectivity index (χ1) is 7.18. The molecule has 0 spiro atoms. The Morgan fingerprint density at radius 3 is 2.07 bits per heavy atom. The zero-order chi connectivity index (χ0) is 10.8. The topological polar surface area (TPSA) is 52.5 Å². The molecule has 0 aromatic rings. The number of rotatable bonds is 4. The molecule has 0 saturated heterocycles. The van der Waals surface area contributed by atoms with Crippen LogP contribution in [0.2, 0.25) is 0 Å². The van der Waals surface area contributed by atoms with Crippen molar-refractivity contribution in [1.29, 1.82) is 0 Å². The molecule has 15 heavy (non-hydrogen) atoms. The third-order valence-electron chi connectivity index (χ3n) is 4.19. The van der Waals surface area contributed by atoms with Gasteiger partial charge >= 0.3 is 0 Å². The largest absolute Gasteiger partial charge is 0.394 e. The molecule has 2 aliphatic rings. The molecule has 0 bridgehead atoms. The van der Waals surface area contributed by atoms with E-state index in [9.17, 15) is 10.2 Å². The SMILES string of the molecule is OCC1(NCC2(O)CCCCC2)CCC1. The Morgan fingerprint density at radius 1 is 0.933 bits per heavy atom. The molecule has 0 radical (unpaired) electrons. The monoisotopic (exact) mass is 213 g/mol. The van der Waals surface area contributed by atoms with Gasteiger partial charge in [0.05, 0.1) is 12.2 Å². The van der Waals surface area contributed by atoms with Gasteiger partial charge in [-0.3, -0.25) is 0 Å². The summed E-state index contributed by atoms with van der Waals surface area (Å²) in [7, 11) is 0. The van der Waals surface area contributed by atoms with Crippen LogP contribution in [-0.4, -0.2) is 34.5 Å². The Morgan fingerprint density at radius 2 is 1.60 bits per heavy atom. The summed E-state index contributed by atoms with van der Waals surface area (Å²) in [5.41, 5.74) is -0.566. The van der Waals surface area contributed by atoms with E-state index in [2.05, 4.69) is 5.32 Å². The van der Waals surface area contributed by atoms with Crippen molar-refractivity contribution in [2.75, 3.05) is 13.2 Å². The van der Waals surface area contributed by atoms with Crippen molar-refractivity contribution in [3.8, 4) is 0 Å². The van der Waals surface area contributed by atoms with Gasteiger partial charge < -0.3 is 15.5 Å². The first-order valence-electron chi connectivity index (χ1n) is 6.26. The molecule has 0 amide bonds. The second kappa shape index (κ2) is 4.40. The fraction of sp³-hybridized carbons (Fsp3) is 1.00. The Kier molecular flexibility index (Phi) is 3.33. The lowest BCUT2D eigenvalue weighted by Gasteiger charge is -2.44. The minimum atomic E-state index is -0.504. The summed E-state index contributed by atoms with van der Waals surface area (Å²) in [6, 6.07) is 0. The molecule has 88 valence electrons. The van der Waals surface area contributed by atoms with Crippen molar-refractivity contribution in [2.24, 2.45) is 0 Å². The molecule has 2 rings (SSSR count). The van der Waals surface area contributed by atoms with Gasteiger partial charge in [-0.05, 0) is 32.1 Å². The van der Waals surface area contributed by atoms with Crippen LogP contribution in [0.1, 0.15) is 51.4 Å². The summed E-state index contributed by atoms with van der Waals surface area (Å²) in [5, 5.41) is 23.0. The lowest BCUT2D eigenvalue weighted by molar-refractivity contribution is -0.0155. The van der Waals surface area contributed by atoms with Crippen molar-refractivity contribution in [1.82, 2.24) is 5.32 Å². The van der Waals surface area contributed by atoms with Crippen molar-refractivity contribution in [3.05, 3.63) is 0 Å². The van der Waals surface area contributed by atoms with E-state index in [4.69, 9.17) is 0 Å². The minimum absolute atomic E-state index is 0.0623. The standard InChI is InChI=1S/C12H23NO2/c14-10-11(5-4-6-11)13-9-12(15)7-2-1-3-8-12/h13-15H,1-10H2. The number of aliphatic hydroxyl groups is 2. The summed E-state index contributed by atoms with van der Waals surface area (Å²) in [6.07, 6.45) is 8.69. The third-order valence-corrected chi connectivity index (χ3v) is 4.19. The predicted molar refractivity (Wildman–Crippen MR) is 59.7 cm³/mol. The normalized spacial score (nSPS) is 28.4. The molecule has 3 nitrogen and oxygen atoms in total. The summed E-state index contributed by atoms with van der Waals surface area (Å²) >= 11 is 0. The van der Waals surface area contributed by atoms with Crippen molar-refractivity contribution in [3.63, 3.8) is 0 Å². The van der Waals surface area contributed by atoms with E-state index in [0.717, 1.165) is 38.5 Å². The van der Waals surface area contributed by atoms with E-state index in [-0.39, 0.29) is 12.1 Å². The summed E-state index contributed by atoms with van der Waals surface area (Å²) in [6.45, 7) is 0.872. The van der Waals surface area contributed by atoms with Gasteiger partial charge in [0, 0.05) is 12.1 Å². The van der Waals surface area contributed by atoms with Crippen LogP contribution in [0.15, 0.2) is 0 Å². The van der Waals surface area contributed by atoms with Crippen molar-refractivity contribution >= 4 is 0 Å². The van der Waals surface area contributed by atoms with Gasteiger partial charge in [-0.25, -0.2) is 0 Å². The van der Waals surface area contributed by atoms with Gasteiger partial charge in [0.2, 0.25) is 0 Å². The summed E-state index contributed by atoms with van der Waals surface area (Å²) in [4.78, 5) is 0. The molecule has 0 aromatic heterocycles. The van der Waals surface area contributed by atoms with Crippen LogP contribution in [0, 0.1) is 0 Å².